The summed E-state index contributed by atoms with van der Waals surface area (Å²) < 4.78 is 0. The summed E-state index contributed by atoms with van der Waals surface area (Å²) in [5, 5.41) is 43.4. The van der Waals surface area contributed by atoms with Gasteiger partial charge in [0, 0.05) is 6.42 Å². The maximum Gasteiger partial charge on any atom is 0.220 e. The Hall–Kier alpha value is -1.47. The summed E-state index contributed by atoms with van der Waals surface area (Å²) in [6, 6.07) is -0.898. The molecule has 0 aliphatic heterocycles. The van der Waals surface area contributed by atoms with Gasteiger partial charge in [0.2, 0.25) is 5.91 Å². The highest BCUT2D eigenvalue weighted by molar-refractivity contribution is 5.76. The van der Waals surface area contributed by atoms with E-state index in [2.05, 4.69) is 37.4 Å². The molecular weight excluding hydrogens is 550 g/mol. The molecule has 0 saturated heterocycles. The molecule has 5 N–H and O–H groups in total. The van der Waals surface area contributed by atoms with Crippen LogP contribution in [0.5, 0.6) is 0 Å². The maximum atomic E-state index is 12.3. The minimum Gasteiger partial charge on any atom is -0.394 e. The Kier molecular flexibility index (Phi) is 31.8. The van der Waals surface area contributed by atoms with Crippen molar-refractivity contribution in [3.05, 3.63) is 36.5 Å². The molecule has 0 aromatic rings. The summed E-state index contributed by atoms with van der Waals surface area (Å²) in [4.78, 5) is 12.3. The number of hydrogen-bond donors (Lipinski definition) is 5. The molecule has 1 amide bonds. The highest BCUT2D eigenvalue weighted by Gasteiger charge is 2.26. The van der Waals surface area contributed by atoms with E-state index in [9.17, 15) is 25.2 Å². The largest absolute Gasteiger partial charge is 0.394 e. The molecule has 6 nitrogen and oxygen atoms in total. The van der Waals surface area contributed by atoms with Crippen molar-refractivity contribution in [3.63, 3.8) is 0 Å². The third kappa shape index (κ3) is 28.0. The van der Waals surface area contributed by atoms with Crippen LogP contribution >= 0.6 is 0 Å². The fourth-order valence-electron chi connectivity index (χ4n) is 5.40. The lowest BCUT2D eigenvalue weighted by Crippen LogP contribution is -2.50. The summed E-state index contributed by atoms with van der Waals surface area (Å²) in [7, 11) is 0. The van der Waals surface area contributed by atoms with Gasteiger partial charge < -0.3 is 25.7 Å². The zero-order chi connectivity index (χ0) is 32.5. The Morgan fingerprint density at radius 1 is 0.636 bits per heavy atom. The molecule has 4 atom stereocenters. The summed E-state index contributed by atoms with van der Waals surface area (Å²) in [6.45, 7) is 4.05. The Bertz CT molecular complexity index is 707. The predicted molar refractivity (Wildman–Crippen MR) is 187 cm³/mol. The average molecular weight is 622 g/mol. The average Bonchev–Trinajstić information content (AvgIpc) is 3.02. The fourth-order valence-corrected chi connectivity index (χ4v) is 5.40. The first kappa shape index (κ1) is 42.5. The quantitative estimate of drug-likeness (QED) is 0.0293. The van der Waals surface area contributed by atoms with E-state index < -0.39 is 31.0 Å². The molecule has 0 heterocycles. The molecule has 3 unspecified atom stereocenters. The number of carbonyl (C=O) groups is 1. The molecule has 258 valence electrons. The van der Waals surface area contributed by atoms with Crippen molar-refractivity contribution in [1.29, 1.82) is 0 Å². The van der Waals surface area contributed by atoms with Crippen molar-refractivity contribution in [3.8, 4) is 0 Å². The van der Waals surface area contributed by atoms with E-state index >= 15 is 0 Å². The van der Waals surface area contributed by atoms with Gasteiger partial charge in [-0.3, -0.25) is 4.79 Å². The van der Waals surface area contributed by atoms with Crippen LogP contribution in [0.4, 0.5) is 0 Å². The lowest BCUT2D eigenvalue weighted by Gasteiger charge is -2.26. The van der Waals surface area contributed by atoms with Gasteiger partial charge in [-0.25, -0.2) is 0 Å². The summed E-state index contributed by atoms with van der Waals surface area (Å²) in [5.41, 5.74) is 0. The molecule has 0 bridgehead atoms. The lowest BCUT2D eigenvalue weighted by atomic mass is 9.99. The van der Waals surface area contributed by atoms with Crippen LogP contribution < -0.4 is 5.32 Å². The number of rotatable bonds is 32. The van der Waals surface area contributed by atoms with Gasteiger partial charge in [0.25, 0.3) is 0 Å². The van der Waals surface area contributed by atoms with Crippen LogP contribution in [0.25, 0.3) is 0 Å². The van der Waals surface area contributed by atoms with Crippen LogP contribution in [0.3, 0.4) is 0 Å². The van der Waals surface area contributed by atoms with E-state index in [0.717, 1.165) is 32.1 Å². The summed E-state index contributed by atoms with van der Waals surface area (Å²) in [5.74, 6) is -0.301. The van der Waals surface area contributed by atoms with E-state index in [1.54, 1.807) is 6.08 Å². The zero-order valence-corrected chi connectivity index (χ0v) is 28.6. The molecule has 0 fully saturated rings. The van der Waals surface area contributed by atoms with Crippen LogP contribution in [0.15, 0.2) is 36.5 Å². The normalized spacial score (nSPS) is 15.0. The molecule has 0 aliphatic carbocycles. The van der Waals surface area contributed by atoms with Crippen LogP contribution in [0, 0.1) is 0 Å². The third-order valence-corrected chi connectivity index (χ3v) is 8.35. The van der Waals surface area contributed by atoms with Crippen molar-refractivity contribution < 1.29 is 25.2 Å². The van der Waals surface area contributed by atoms with Gasteiger partial charge in [0.15, 0.2) is 0 Å². The Labute approximate surface area is 271 Å². The molecule has 0 saturated carbocycles. The van der Waals surface area contributed by atoms with E-state index in [1.807, 2.05) is 12.2 Å². The third-order valence-electron chi connectivity index (χ3n) is 8.35. The van der Waals surface area contributed by atoms with Gasteiger partial charge >= 0.3 is 0 Å². The smallest absolute Gasteiger partial charge is 0.220 e. The van der Waals surface area contributed by atoms with Gasteiger partial charge in [-0.2, -0.15) is 0 Å². The molecule has 0 spiro atoms. The van der Waals surface area contributed by atoms with Crippen molar-refractivity contribution in [2.75, 3.05) is 6.61 Å². The number of unbranched alkanes of at least 4 members (excludes halogenated alkanes) is 17. The maximum absolute atomic E-state index is 12.3. The summed E-state index contributed by atoms with van der Waals surface area (Å²) in [6.07, 6.45) is 35.4. The van der Waals surface area contributed by atoms with Crippen LogP contribution in [0.1, 0.15) is 168 Å². The zero-order valence-electron chi connectivity index (χ0n) is 28.6. The second-order valence-electron chi connectivity index (χ2n) is 12.6. The van der Waals surface area contributed by atoms with E-state index in [0.29, 0.717) is 19.3 Å². The molecule has 0 radical (unpaired) electrons. The highest BCUT2D eigenvalue weighted by Crippen LogP contribution is 2.15. The Balaban J connectivity index is 3.93. The van der Waals surface area contributed by atoms with Crippen LogP contribution in [0.2, 0.25) is 0 Å². The van der Waals surface area contributed by atoms with Crippen molar-refractivity contribution in [1.82, 2.24) is 5.32 Å². The number of hydrogen-bond acceptors (Lipinski definition) is 5. The number of amides is 1. The molecule has 0 aromatic heterocycles. The first-order valence-corrected chi connectivity index (χ1v) is 18.4. The molecule has 6 heteroatoms. The first-order chi connectivity index (χ1) is 21.5. The SMILES string of the molecule is CCCCCCCC/C=C/C/C=C/C=C/C(O)CCCC(=O)N[C@@H](CO)C(O)C(O)CCCCCCCCCCCCCC. The molecule has 0 aromatic carbocycles. The van der Waals surface area contributed by atoms with Gasteiger partial charge in [-0.1, -0.05) is 159 Å². The van der Waals surface area contributed by atoms with Gasteiger partial charge in [-0.05, 0) is 38.5 Å². The molecule has 0 aliphatic rings. The van der Waals surface area contributed by atoms with E-state index in [4.69, 9.17) is 0 Å². The topological polar surface area (TPSA) is 110 Å². The number of nitrogens with one attached hydrogen (secondary N) is 1. The number of aliphatic hydroxyl groups is 4. The van der Waals surface area contributed by atoms with Gasteiger partial charge in [0.1, 0.15) is 6.10 Å². The standard InChI is InChI=1S/C38H71NO5/c1-3-5-7-9-11-13-15-17-18-20-22-24-26-29-34(41)30-28-32-37(43)39-35(33-40)38(44)36(42)31-27-25-23-21-19-16-14-12-10-8-6-4-2/h17-18,22,24,26,29,34-36,38,40-42,44H,3-16,19-21,23,25,27-28,30-33H2,1-2H3,(H,39,43)/b18-17+,24-22+,29-26+/t34?,35-,36?,38?/m0/s1. The minimum absolute atomic E-state index is 0.183. The fraction of sp³-hybridized carbons (Fsp3) is 0.816. The lowest BCUT2D eigenvalue weighted by molar-refractivity contribution is -0.124. The van der Waals surface area contributed by atoms with Gasteiger partial charge in [-0.15, -0.1) is 0 Å². The number of carbonyl (C=O) groups excluding carboxylic acids is 1. The van der Waals surface area contributed by atoms with Crippen LogP contribution in [-0.2, 0) is 4.79 Å². The van der Waals surface area contributed by atoms with Crippen molar-refractivity contribution >= 4 is 5.91 Å². The Morgan fingerprint density at radius 3 is 1.75 bits per heavy atom. The highest BCUT2D eigenvalue weighted by atomic mass is 16.3. The second kappa shape index (κ2) is 32.9. The molecular formula is C38H71NO5. The van der Waals surface area contributed by atoms with Crippen molar-refractivity contribution in [2.45, 2.75) is 192 Å². The van der Waals surface area contributed by atoms with E-state index in [-0.39, 0.29) is 12.3 Å². The number of allylic oxidation sites excluding steroid dienone is 5. The van der Waals surface area contributed by atoms with Crippen LogP contribution in [-0.4, -0.2) is 57.3 Å². The van der Waals surface area contributed by atoms with Gasteiger partial charge in [0.05, 0.1) is 24.9 Å². The van der Waals surface area contributed by atoms with E-state index in [1.165, 1.54) is 96.3 Å². The molecule has 44 heavy (non-hydrogen) atoms. The summed E-state index contributed by atoms with van der Waals surface area (Å²) >= 11 is 0. The number of aliphatic hydroxyl groups excluding tert-OH is 4. The second-order valence-corrected chi connectivity index (χ2v) is 12.6. The minimum atomic E-state index is -1.21. The monoisotopic (exact) mass is 622 g/mol. The first-order valence-electron chi connectivity index (χ1n) is 18.4. The molecule has 0 rings (SSSR count). The predicted octanol–water partition coefficient (Wildman–Crippen LogP) is 8.62. The van der Waals surface area contributed by atoms with Crippen molar-refractivity contribution in [2.24, 2.45) is 0 Å². The Morgan fingerprint density at radius 2 is 1.18 bits per heavy atom.